The highest BCUT2D eigenvalue weighted by Gasteiger charge is 2.20. The molecule has 0 spiro atoms. The lowest BCUT2D eigenvalue weighted by Gasteiger charge is -2.15. The van der Waals surface area contributed by atoms with Gasteiger partial charge in [-0.1, -0.05) is 0 Å². The minimum absolute atomic E-state index is 0.0215. The Hall–Kier alpha value is -1.82. The monoisotopic (exact) mass is 253 g/mol. The average molecular weight is 253 g/mol. The fourth-order valence-corrected chi connectivity index (χ4v) is 1.67. The number of aromatic nitrogens is 1. The van der Waals surface area contributed by atoms with E-state index < -0.39 is 5.97 Å². The van der Waals surface area contributed by atoms with Gasteiger partial charge in [0.25, 0.3) is 0 Å². The lowest BCUT2D eigenvalue weighted by atomic mass is 10.3. The Morgan fingerprint density at radius 1 is 1.44 bits per heavy atom. The number of esters is 1. The van der Waals surface area contributed by atoms with E-state index in [1.807, 2.05) is 0 Å². The molecule has 1 aliphatic heterocycles. The van der Waals surface area contributed by atoms with Crippen LogP contribution in [0, 0.1) is 0 Å². The standard InChI is InChI=1S/C12H15NO5/c1-15-11-6-13-9(12(14)16-2)5-10(11)18-8-3-4-17-7-8/h5-6,8H,3-4,7H2,1-2H3. The van der Waals surface area contributed by atoms with Crippen LogP contribution >= 0.6 is 0 Å². The van der Waals surface area contributed by atoms with Crippen molar-refractivity contribution in [3.63, 3.8) is 0 Å². The number of hydrogen-bond acceptors (Lipinski definition) is 6. The van der Waals surface area contributed by atoms with Gasteiger partial charge < -0.3 is 18.9 Å². The van der Waals surface area contributed by atoms with Crippen LogP contribution in [0.4, 0.5) is 0 Å². The van der Waals surface area contributed by atoms with Gasteiger partial charge in [-0.2, -0.15) is 0 Å². The number of carbonyl (C=O) groups excluding carboxylic acids is 1. The SMILES string of the molecule is COC(=O)c1cc(OC2CCOC2)c(OC)cn1. The molecule has 0 amide bonds. The summed E-state index contributed by atoms with van der Waals surface area (Å²) < 4.78 is 20.7. The van der Waals surface area contributed by atoms with Gasteiger partial charge in [0.1, 0.15) is 6.10 Å². The van der Waals surface area contributed by atoms with Gasteiger partial charge in [-0.3, -0.25) is 0 Å². The van der Waals surface area contributed by atoms with Crippen LogP contribution in [0.2, 0.25) is 0 Å². The number of rotatable bonds is 4. The van der Waals surface area contributed by atoms with Crippen molar-refractivity contribution in [2.24, 2.45) is 0 Å². The number of carbonyl (C=O) groups is 1. The molecule has 98 valence electrons. The number of nitrogens with zero attached hydrogens (tertiary/aromatic N) is 1. The molecule has 1 aromatic rings. The van der Waals surface area contributed by atoms with Crippen molar-refractivity contribution in [1.29, 1.82) is 0 Å². The van der Waals surface area contributed by atoms with Crippen molar-refractivity contribution >= 4 is 5.97 Å². The zero-order valence-electron chi connectivity index (χ0n) is 10.3. The molecule has 1 aromatic heterocycles. The van der Waals surface area contributed by atoms with E-state index in [1.165, 1.54) is 26.5 Å². The molecule has 18 heavy (non-hydrogen) atoms. The summed E-state index contributed by atoms with van der Waals surface area (Å²) in [6.07, 6.45) is 2.24. The van der Waals surface area contributed by atoms with E-state index in [0.717, 1.165) is 6.42 Å². The van der Waals surface area contributed by atoms with E-state index in [-0.39, 0.29) is 11.8 Å². The molecule has 6 heteroatoms. The molecule has 0 aromatic carbocycles. The maximum Gasteiger partial charge on any atom is 0.356 e. The highest BCUT2D eigenvalue weighted by molar-refractivity contribution is 5.87. The third-order valence-corrected chi connectivity index (χ3v) is 2.63. The van der Waals surface area contributed by atoms with E-state index in [1.54, 1.807) is 0 Å². The van der Waals surface area contributed by atoms with Crippen LogP contribution < -0.4 is 9.47 Å². The second-order valence-corrected chi connectivity index (χ2v) is 3.82. The van der Waals surface area contributed by atoms with Gasteiger partial charge in [0.2, 0.25) is 0 Å². The lowest BCUT2D eigenvalue weighted by molar-refractivity contribution is 0.0592. The van der Waals surface area contributed by atoms with Gasteiger partial charge in [-0.05, 0) is 0 Å². The van der Waals surface area contributed by atoms with E-state index in [2.05, 4.69) is 9.72 Å². The smallest absolute Gasteiger partial charge is 0.356 e. The Bertz CT molecular complexity index is 428. The van der Waals surface area contributed by atoms with Gasteiger partial charge >= 0.3 is 5.97 Å². The van der Waals surface area contributed by atoms with Crippen LogP contribution in [0.15, 0.2) is 12.3 Å². The van der Waals surface area contributed by atoms with E-state index in [4.69, 9.17) is 14.2 Å². The Morgan fingerprint density at radius 3 is 2.89 bits per heavy atom. The molecule has 1 saturated heterocycles. The summed E-state index contributed by atoms with van der Waals surface area (Å²) in [5, 5.41) is 0. The first kappa shape index (κ1) is 12.6. The second kappa shape index (κ2) is 5.68. The molecule has 6 nitrogen and oxygen atoms in total. The molecule has 1 unspecified atom stereocenters. The predicted octanol–water partition coefficient (Wildman–Crippen LogP) is 1.04. The largest absolute Gasteiger partial charge is 0.491 e. The number of pyridine rings is 1. The summed E-state index contributed by atoms with van der Waals surface area (Å²) in [6, 6.07) is 1.52. The summed E-state index contributed by atoms with van der Waals surface area (Å²) in [7, 11) is 2.83. The molecule has 2 heterocycles. The van der Waals surface area contributed by atoms with Crippen molar-refractivity contribution < 1.29 is 23.7 Å². The van der Waals surface area contributed by atoms with Crippen molar-refractivity contribution in [1.82, 2.24) is 4.98 Å². The van der Waals surface area contributed by atoms with E-state index in [9.17, 15) is 4.79 Å². The van der Waals surface area contributed by atoms with E-state index >= 15 is 0 Å². The molecule has 1 aliphatic rings. The fraction of sp³-hybridized carbons (Fsp3) is 0.500. The van der Waals surface area contributed by atoms with Crippen LogP contribution in [-0.4, -0.2) is 44.5 Å². The Kier molecular flexibility index (Phi) is 3.99. The minimum Gasteiger partial charge on any atom is -0.491 e. The van der Waals surface area contributed by atoms with Gasteiger partial charge in [-0.25, -0.2) is 9.78 Å². The molecule has 1 fully saturated rings. The van der Waals surface area contributed by atoms with Crippen LogP contribution in [0.3, 0.4) is 0 Å². The molecule has 0 saturated carbocycles. The molecule has 1 atom stereocenters. The summed E-state index contributed by atoms with van der Waals surface area (Å²) in [6.45, 7) is 1.22. The van der Waals surface area contributed by atoms with Crippen molar-refractivity contribution in [2.75, 3.05) is 27.4 Å². The first-order valence-electron chi connectivity index (χ1n) is 5.61. The first-order chi connectivity index (χ1) is 8.74. The minimum atomic E-state index is -0.509. The second-order valence-electron chi connectivity index (χ2n) is 3.82. The van der Waals surface area contributed by atoms with Gasteiger partial charge in [0.15, 0.2) is 17.2 Å². The van der Waals surface area contributed by atoms with Crippen LogP contribution in [0.1, 0.15) is 16.9 Å². The third kappa shape index (κ3) is 2.70. The average Bonchev–Trinajstić information content (AvgIpc) is 2.90. The quantitative estimate of drug-likeness (QED) is 0.747. The molecular formula is C12H15NO5. The summed E-state index contributed by atoms with van der Waals surface area (Å²) in [4.78, 5) is 15.3. The predicted molar refractivity (Wildman–Crippen MR) is 62.0 cm³/mol. The normalized spacial score (nSPS) is 18.4. The van der Waals surface area contributed by atoms with Gasteiger partial charge in [-0.15, -0.1) is 0 Å². The lowest BCUT2D eigenvalue weighted by Crippen LogP contribution is -2.17. The number of hydrogen-bond donors (Lipinski definition) is 0. The maximum absolute atomic E-state index is 11.4. The van der Waals surface area contributed by atoms with Crippen LogP contribution in [-0.2, 0) is 9.47 Å². The van der Waals surface area contributed by atoms with Crippen molar-refractivity contribution in [3.8, 4) is 11.5 Å². The van der Waals surface area contributed by atoms with Crippen LogP contribution in [0.5, 0.6) is 11.5 Å². The molecule has 0 radical (unpaired) electrons. The zero-order valence-corrected chi connectivity index (χ0v) is 10.3. The molecule has 0 aliphatic carbocycles. The van der Waals surface area contributed by atoms with Crippen molar-refractivity contribution in [3.05, 3.63) is 18.0 Å². The highest BCUT2D eigenvalue weighted by Crippen LogP contribution is 2.29. The molecule has 0 bridgehead atoms. The highest BCUT2D eigenvalue weighted by atomic mass is 16.6. The summed E-state index contributed by atoms with van der Waals surface area (Å²) in [5.74, 6) is 0.447. The summed E-state index contributed by atoms with van der Waals surface area (Å²) in [5.41, 5.74) is 0.187. The van der Waals surface area contributed by atoms with Crippen LogP contribution in [0.25, 0.3) is 0 Å². The fourth-order valence-electron chi connectivity index (χ4n) is 1.67. The molecular weight excluding hydrogens is 238 g/mol. The first-order valence-corrected chi connectivity index (χ1v) is 5.61. The third-order valence-electron chi connectivity index (χ3n) is 2.63. The maximum atomic E-state index is 11.4. The topological polar surface area (TPSA) is 66.9 Å². The van der Waals surface area contributed by atoms with Gasteiger partial charge in [0.05, 0.1) is 33.6 Å². The van der Waals surface area contributed by atoms with Crippen molar-refractivity contribution in [2.45, 2.75) is 12.5 Å². The van der Waals surface area contributed by atoms with E-state index in [0.29, 0.717) is 24.7 Å². The molecule has 2 rings (SSSR count). The summed E-state index contributed by atoms with van der Waals surface area (Å²) >= 11 is 0. The Morgan fingerprint density at radius 2 is 2.28 bits per heavy atom. The Balaban J connectivity index is 2.21. The molecule has 0 N–H and O–H groups in total. The Labute approximate surface area is 105 Å². The number of methoxy groups -OCH3 is 2. The zero-order chi connectivity index (χ0) is 13.0. The number of ether oxygens (including phenoxy) is 4. The van der Waals surface area contributed by atoms with Gasteiger partial charge in [0, 0.05) is 12.5 Å².